The van der Waals surface area contributed by atoms with Crippen molar-refractivity contribution in [1.29, 1.82) is 0 Å². The molecule has 1 atom stereocenters. The van der Waals surface area contributed by atoms with E-state index in [1.165, 1.54) is 0 Å². The van der Waals surface area contributed by atoms with Crippen LogP contribution in [0, 0.1) is 12.8 Å². The van der Waals surface area contributed by atoms with Crippen molar-refractivity contribution in [3.63, 3.8) is 0 Å². The lowest BCUT2D eigenvalue weighted by Gasteiger charge is -2.13. The molecule has 0 aromatic heterocycles. The Morgan fingerprint density at radius 2 is 2.13 bits per heavy atom. The number of hydrazine groups is 1. The fraction of sp³-hybridized carbons (Fsp3) is 0.429. The van der Waals surface area contributed by atoms with E-state index in [1.807, 2.05) is 19.1 Å². The average molecular weight is 376 g/mol. The van der Waals surface area contributed by atoms with Gasteiger partial charge in [0.25, 0.3) is 0 Å². The van der Waals surface area contributed by atoms with Gasteiger partial charge in [-0.2, -0.15) is 0 Å². The second-order valence-electron chi connectivity index (χ2n) is 5.56. The minimum Gasteiger partial charge on any atom is -0.331 e. The molecule has 9 heteroatoms. The number of carbonyl (C=O) groups excluding carboxylic acids is 1. The molecular formula is C14H18ClN3O3S2. The fourth-order valence-corrected chi connectivity index (χ4v) is 4.52. The minimum atomic E-state index is -2.97. The summed E-state index contributed by atoms with van der Waals surface area (Å²) in [4.78, 5) is 11.8. The molecule has 1 aliphatic heterocycles. The fourth-order valence-electron chi connectivity index (χ4n) is 2.31. The number of carbonyl (C=O) groups is 1. The summed E-state index contributed by atoms with van der Waals surface area (Å²) in [5, 5.41) is 3.73. The Balaban J connectivity index is 1.75. The Morgan fingerprint density at radius 1 is 1.39 bits per heavy atom. The molecule has 1 aliphatic rings. The molecule has 6 nitrogen and oxygen atoms in total. The number of hydrogen-bond donors (Lipinski definition) is 3. The van der Waals surface area contributed by atoms with E-state index in [1.54, 1.807) is 6.07 Å². The second kappa shape index (κ2) is 7.46. The molecular weight excluding hydrogens is 358 g/mol. The van der Waals surface area contributed by atoms with Crippen molar-refractivity contribution in [2.45, 2.75) is 19.8 Å². The van der Waals surface area contributed by atoms with Crippen LogP contribution < -0.4 is 16.2 Å². The van der Waals surface area contributed by atoms with Crippen molar-refractivity contribution in [1.82, 2.24) is 10.9 Å². The Kier molecular flexibility index (Phi) is 5.83. The molecule has 1 saturated heterocycles. The number of hydrogen-bond acceptors (Lipinski definition) is 4. The Labute approximate surface area is 145 Å². The van der Waals surface area contributed by atoms with Crippen molar-refractivity contribution in [3.8, 4) is 0 Å². The van der Waals surface area contributed by atoms with Crippen molar-refractivity contribution < 1.29 is 13.2 Å². The van der Waals surface area contributed by atoms with E-state index in [4.69, 9.17) is 23.8 Å². The molecule has 23 heavy (non-hydrogen) atoms. The molecule has 0 unspecified atom stereocenters. The smallest absolute Gasteiger partial charge is 0.238 e. The summed E-state index contributed by atoms with van der Waals surface area (Å²) >= 11 is 11.1. The molecule has 0 spiro atoms. The number of halogens is 1. The molecule has 1 fully saturated rings. The minimum absolute atomic E-state index is 0.0744. The maximum atomic E-state index is 11.8. The summed E-state index contributed by atoms with van der Waals surface area (Å²) < 4.78 is 22.7. The normalized spacial score (nSPS) is 19.1. The lowest BCUT2D eigenvalue weighted by Crippen LogP contribution is -2.44. The zero-order chi connectivity index (χ0) is 17.0. The quantitative estimate of drug-likeness (QED) is 0.551. The van der Waals surface area contributed by atoms with Gasteiger partial charge in [-0.05, 0) is 49.2 Å². The second-order valence-corrected chi connectivity index (χ2v) is 8.61. The first-order valence-corrected chi connectivity index (χ1v) is 9.68. The van der Waals surface area contributed by atoms with E-state index in [-0.39, 0.29) is 34.9 Å². The number of anilines is 1. The molecule has 1 heterocycles. The Morgan fingerprint density at radius 3 is 2.74 bits per heavy atom. The first-order valence-electron chi connectivity index (χ1n) is 7.07. The van der Waals surface area contributed by atoms with Crippen LogP contribution in [0.25, 0.3) is 0 Å². The largest absolute Gasteiger partial charge is 0.331 e. The topological polar surface area (TPSA) is 87.3 Å². The van der Waals surface area contributed by atoms with Gasteiger partial charge in [-0.1, -0.05) is 17.7 Å². The first-order chi connectivity index (χ1) is 10.7. The van der Waals surface area contributed by atoms with Crippen LogP contribution in [0.1, 0.15) is 18.4 Å². The number of amides is 1. The molecule has 0 radical (unpaired) electrons. The van der Waals surface area contributed by atoms with Gasteiger partial charge in [0, 0.05) is 17.1 Å². The summed E-state index contributed by atoms with van der Waals surface area (Å²) in [6, 6.07) is 5.41. The third kappa shape index (κ3) is 5.63. The van der Waals surface area contributed by atoms with Crippen molar-refractivity contribution in [3.05, 3.63) is 28.8 Å². The monoisotopic (exact) mass is 375 g/mol. The summed E-state index contributed by atoms with van der Waals surface area (Å²) in [6.07, 6.45) is 0.686. The van der Waals surface area contributed by atoms with E-state index in [2.05, 4.69) is 16.2 Å². The molecule has 0 bridgehead atoms. The predicted octanol–water partition coefficient (Wildman–Crippen LogP) is 1.79. The molecule has 0 aliphatic carbocycles. The number of benzene rings is 1. The van der Waals surface area contributed by atoms with Crippen LogP contribution in [0.3, 0.4) is 0 Å². The molecule has 1 aromatic rings. The van der Waals surface area contributed by atoms with Gasteiger partial charge in [0.2, 0.25) is 5.91 Å². The van der Waals surface area contributed by atoms with Crippen LogP contribution in [-0.2, 0) is 14.6 Å². The number of sulfone groups is 1. The SMILES string of the molecule is Cc1ccc(NC(=S)NNC(=O)C[C@H]2CCS(=O)(=O)C2)cc1Cl. The Bertz CT molecular complexity index is 722. The highest BCUT2D eigenvalue weighted by Gasteiger charge is 2.29. The van der Waals surface area contributed by atoms with E-state index in [9.17, 15) is 13.2 Å². The van der Waals surface area contributed by atoms with Crippen LogP contribution in [-0.4, -0.2) is 30.9 Å². The number of aryl methyl sites for hydroxylation is 1. The zero-order valence-corrected chi connectivity index (χ0v) is 14.9. The lowest BCUT2D eigenvalue weighted by atomic mass is 10.1. The van der Waals surface area contributed by atoms with E-state index in [0.29, 0.717) is 17.1 Å². The van der Waals surface area contributed by atoms with Gasteiger partial charge in [0.15, 0.2) is 14.9 Å². The van der Waals surface area contributed by atoms with Crippen molar-refractivity contribution in [2.75, 3.05) is 16.8 Å². The third-order valence-corrected chi connectivity index (χ3v) is 5.99. The zero-order valence-electron chi connectivity index (χ0n) is 12.6. The van der Waals surface area contributed by atoms with Crippen molar-refractivity contribution in [2.24, 2.45) is 5.92 Å². The van der Waals surface area contributed by atoms with Gasteiger partial charge in [0.05, 0.1) is 11.5 Å². The standard InChI is InChI=1S/C14H18ClN3O3S2/c1-9-2-3-11(7-12(9)15)16-14(22)18-17-13(19)6-10-4-5-23(20,21)8-10/h2-3,7,10H,4-6,8H2,1H3,(H,17,19)(H2,16,18,22)/t10-/m1/s1. The third-order valence-electron chi connectivity index (χ3n) is 3.55. The maximum Gasteiger partial charge on any atom is 0.238 e. The van der Waals surface area contributed by atoms with Gasteiger partial charge in [-0.3, -0.25) is 15.6 Å². The number of thiocarbonyl (C=S) groups is 1. The highest BCUT2D eigenvalue weighted by Crippen LogP contribution is 2.21. The first kappa shape index (κ1) is 18.0. The van der Waals surface area contributed by atoms with Gasteiger partial charge in [-0.25, -0.2) is 8.42 Å². The maximum absolute atomic E-state index is 11.8. The highest BCUT2D eigenvalue weighted by atomic mass is 35.5. The summed E-state index contributed by atoms with van der Waals surface area (Å²) in [5.41, 5.74) is 6.71. The van der Waals surface area contributed by atoms with Crippen LogP contribution in [0.5, 0.6) is 0 Å². The highest BCUT2D eigenvalue weighted by molar-refractivity contribution is 7.91. The number of nitrogens with one attached hydrogen (secondary N) is 3. The summed E-state index contributed by atoms with van der Waals surface area (Å²) in [6.45, 7) is 1.89. The summed E-state index contributed by atoms with van der Waals surface area (Å²) in [7, 11) is -2.97. The van der Waals surface area contributed by atoms with Crippen LogP contribution in [0.15, 0.2) is 18.2 Å². The van der Waals surface area contributed by atoms with E-state index < -0.39 is 9.84 Å². The Hall–Kier alpha value is -1.38. The van der Waals surface area contributed by atoms with E-state index >= 15 is 0 Å². The number of rotatable bonds is 3. The van der Waals surface area contributed by atoms with Gasteiger partial charge < -0.3 is 5.32 Å². The molecule has 1 amide bonds. The molecule has 0 saturated carbocycles. The van der Waals surface area contributed by atoms with Crippen LogP contribution >= 0.6 is 23.8 Å². The average Bonchev–Trinajstić information content (AvgIpc) is 2.80. The molecule has 126 valence electrons. The van der Waals surface area contributed by atoms with Crippen LogP contribution in [0.2, 0.25) is 5.02 Å². The predicted molar refractivity (Wildman–Crippen MR) is 95.1 cm³/mol. The molecule has 2 rings (SSSR count). The van der Waals surface area contributed by atoms with Crippen molar-refractivity contribution >= 4 is 50.4 Å². The lowest BCUT2D eigenvalue weighted by molar-refractivity contribution is -0.122. The summed E-state index contributed by atoms with van der Waals surface area (Å²) in [5.74, 6) is -0.185. The van der Waals surface area contributed by atoms with Gasteiger partial charge in [-0.15, -0.1) is 0 Å². The molecule has 1 aromatic carbocycles. The molecule has 3 N–H and O–H groups in total. The van der Waals surface area contributed by atoms with Gasteiger partial charge >= 0.3 is 0 Å². The van der Waals surface area contributed by atoms with E-state index in [0.717, 1.165) is 5.56 Å². The van der Waals surface area contributed by atoms with Crippen LogP contribution in [0.4, 0.5) is 5.69 Å². The van der Waals surface area contributed by atoms with Gasteiger partial charge in [0.1, 0.15) is 0 Å².